The number of ether oxygens (including phenoxy) is 1. The molecule has 3 heterocycles. The van der Waals surface area contributed by atoms with Crippen LogP contribution in [0.4, 0.5) is 11.4 Å². The summed E-state index contributed by atoms with van der Waals surface area (Å²) >= 11 is 0. The predicted octanol–water partition coefficient (Wildman–Crippen LogP) is 3.53. The average Bonchev–Trinajstić information content (AvgIpc) is 3.16. The fourth-order valence-electron chi connectivity index (χ4n) is 4.27. The van der Waals surface area contributed by atoms with Crippen LogP contribution in [-0.4, -0.2) is 38.3 Å². The van der Waals surface area contributed by atoms with Crippen LogP contribution < -0.4 is 9.80 Å². The fourth-order valence-corrected chi connectivity index (χ4v) is 4.27. The van der Waals surface area contributed by atoms with Crippen LogP contribution in [0.2, 0.25) is 0 Å². The lowest BCUT2D eigenvalue weighted by Gasteiger charge is -2.32. The molecule has 1 aromatic rings. The molecular formula is C20H28N2O2. The van der Waals surface area contributed by atoms with Gasteiger partial charge in [0, 0.05) is 37.6 Å². The number of hydrogen-bond donors (Lipinski definition) is 0. The summed E-state index contributed by atoms with van der Waals surface area (Å²) in [6.45, 7) is 3.95. The number of fused-ring (bicyclic) bond motifs is 1. The van der Waals surface area contributed by atoms with Gasteiger partial charge in [-0.15, -0.1) is 0 Å². The molecular weight excluding hydrogens is 300 g/mol. The molecule has 4 nitrogen and oxygen atoms in total. The molecule has 1 atom stereocenters. The molecule has 130 valence electrons. The van der Waals surface area contributed by atoms with Crippen molar-refractivity contribution in [3.05, 3.63) is 23.8 Å². The number of hydrogen-bond acceptors (Lipinski definition) is 3. The molecule has 0 aromatic heterocycles. The van der Waals surface area contributed by atoms with Gasteiger partial charge in [-0.3, -0.25) is 4.79 Å². The van der Waals surface area contributed by atoms with Crippen molar-refractivity contribution in [2.24, 2.45) is 0 Å². The summed E-state index contributed by atoms with van der Waals surface area (Å²) in [7, 11) is 0. The maximum absolute atomic E-state index is 12.9. The number of benzene rings is 1. The standard InChI is InChI=1S/C20H28N2O2/c23-20(15-18-7-1-4-13-24-18)22-12-5-6-16-8-9-17(14-19(16)22)21-10-2-3-11-21/h8-9,14,18H,1-7,10-13,15H2. The highest BCUT2D eigenvalue weighted by molar-refractivity contribution is 5.95. The van der Waals surface area contributed by atoms with E-state index in [1.165, 1.54) is 30.5 Å². The third kappa shape index (κ3) is 3.30. The molecule has 0 N–H and O–H groups in total. The second kappa shape index (κ2) is 7.14. The summed E-state index contributed by atoms with van der Waals surface area (Å²) in [5, 5.41) is 0. The molecule has 0 bridgehead atoms. The average molecular weight is 328 g/mol. The fraction of sp³-hybridized carbons (Fsp3) is 0.650. The van der Waals surface area contributed by atoms with Crippen molar-refractivity contribution in [1.82, 2.24) is 0 Å². The topological polar surface area (TPSA) is 32.8 Å². The Hall–Kier alpha value is -1.55. The van der Waals surface area contributed by atoms with Crippen LogP contribution in [-0.2, 0) is 16.0 Å². The third-order valence-corrected chi connectivity index (χ3v) is 5.64. The van der Waals surface area contributed by atoms with Gasteiger partial charge in [0.25, 0.3) is 0 Å². The first-order chi connectivity index (χ1) is 11.8. The summed E-state index contributed by atoms with van der Waals surface area (Å²) in [4.78, 5) is 17.4. The minimum atomic E-state index is 0.124. The Morgan fingerprint density at radius 3 is 2.75 bits per heavy atom. The smallest absolute Gasteiger partial charge is 0.229 e. The molecule has 1 unspecified atom stereocenters. The number of amides is 1. The van der Waals surface area contributed by atoms with Gasteiger partial charge < -0.3 is 14.5 Å². The number of nitrogens with zero attached hydrogens (tertiary/aromatic N) is 2. The van der Waals surface area contributed by atoms with Gasteiger partial charge in [0.15, 0.2) is 0 Å². The van der Waals surface area contributed by atoms with Crippen LogP contribution in [0, 0.1) is 0 Å². The van der Waals surface area contributed by atoms with Crippen LogP contribution in [0.3, 0.4) is 0 Å². The Labute approximate surface area is 144 Å². The lowest BCUT2D eigenvalue weighted by molar-refractivity contribution is -0.122. The van der Waals surface area contributed by atoms with E-state index in [9.17, 15) is 4.79 Å². The van der Waals surface area contributed by atoms with Gasteiger partial charge in [0.2, 0.25) is 5.91 Å². The van der Waals surface area contributed by atoms with E-state index in [1.54, 1.807) is 0 Å². The minimum Gasteiger partial charge on any atom is -0.378 e. The molecule has 24 heavy (non-hydrogen) atoms. The summed E-state index contributed by atoms with van der Waals surface area (Å²) in [6, 6.07) is 6.72. The van der Waals surface area contributed by atoms with Gasteiger partial charge in [-0.25, -0.2) is 0 Å². The molecule has 0 spiro atoms. The Morgan fingerprint density at radius 1 is 1.08 bits per heavy atom. The number of rotatable bonds is 3. The van der Waals surface area contributed by atoms with Crippen LogP contribution in [0.15, 0.2) is 18.2 Å². The van der Waals surface area contributed by atoms with Gasteiger partial charge in [0.1, 0.15) is 0 Å². The van der Waals surface area contributed by atoms with E-state index in [4.69, 9.17) is 4.74 Å². The van der Waals surface area contributed by atoms with Crippen LogP contribution in [0.5, 0.6) is 0 Å². The highest BCUT2D eigenvalue weighted by atomic mass is 16.5. The van der Waals surface area contributed by atoms with Crippen molar-refractivity contribution in [1.29, 1.82) is 0 Å². The maximum Gasteiger partial charge on any atom is 0.229 e. The van der Waals surface area contributed by atoms with Crippen molar-refractivity contribution in [2.45, 2.75) is 57.5 Å². The highest BCUT2D eigenvalue weighted by Crippen LogP contribution is 2.33. The number of anilines is 2. The lowest BCUT2D eigenvalue weighted by Crippen LogP contribution is -2.38. The van der Waals surface area contributed by atoms with E-state index in [1.807, 2.05) is 4.90 Å². The zero-order chi connectivity index (χ0) is 16.4. The normalized spacial score (nSPS) is 24.1. The molecule has 0 aliphatic carbocycles. The molecule has 3 aliphatic rings. The van der Waals surface area contributed by atoms with Crippen molar-refractivity contribution in [2.75, 3.05) is 36.0 Å². The zero-order valence-electron chi connectivity index (χ0n) is 14.5. The third-order valence-electron chi connectivity index (χ3n) is 5.64. The van der Waals surface area contributed by atoms with E-state index in [-0.39, 0.29) is 12.0 Å². The second-order valence-electron chi connectivity index (χ2n) is 7.35. The van der Waals surface area contributed by atoms with Crippen molar-refractivity contribution in [3.8, 4) is 0 Å². The largest absolute Gasteiger partial charge is 0.378 e. The summed E-state index contributed by atoms with van der Waals surface area (Å²) in [6.07, 6.45) is 8.71. The summed E-state index contributed by atoms with van der Waals surface area (Å²) < 4.78 is 5.78. The molecule has 0 saturated carbocycles. The summed E-state index contributed by atoms with van der Waals surface area (Å²) in [5.74, 6) is 0.237. The van der Waals surface area contributed by atoms with Crippen molar-refractivity contribution < 1.29 is 9.53 Å². The zero-order valence-corrected chi connectivity index (χ0v) is 14.5. The Bertz CT molecular complexity index is 589. The molecule has 4 rings (SSSR count). The van der Waals surface area contributed by atoms with Gasteiger partial charge in [-0.1, -0.05) is 6.07 Å². The Balaban J connectivity index is 1.52. The highest BCUT2D eigenvalue weighted by Gasteiger charge is 2.27. The summed E-state index contributed by atoms with van der Waals surface area (Å²) in [5.41, 5.74) is 3.74. The molecule has 2 fully saturated rings. The molecule has 1 aromatic carbocycles. The van der Waals surface area contributed by atoms with E-state index in [2.05, 4.69) is 23.1 Å². The predicted molar refractivity (Wildman–Crippen MR) is 96.8 cm³/mol. The van der Waals surface area contributed by atoms with E-state index < -0.39 is 0 Å². The van der Waals surface area contributed by atoms with E-state index in [0.717, 1.165) is 57.6 Å². The van der Waals surface area contributed by atoms with Gasteiger partial charge >= 0.3 is 0 Å². The molecule has 3 aliphatic heterocycles. The lowest BCUT2D eigenvalue weighted by atomic mass is 9.99. The van der Waals surface area contributed by atoms with E-state index >= 15 is 0 Å². The minimum absolute atomic E-state index is 0.124. The second-order valence-corrected chi connectivity index (χ2v) is 7.35. The number of aryl methyl sites for hydroxylation is 1. The van der Waals surface area contributed by atoms with Crippen molar-refractivity contribution >= 4 is 17.3 Å². The number of carbonyl (C=O) groups is 1. The van der Waals surface area contributed by atoms with Gasteiger partial charge in [-0.2, -0.15) is 0 Å². The van der Waals surface area contributed by atoms with Crippen LogP contribution in [0.1, 0.15) is 50.5 Å². The van der Waals surface area contributed by atoms with Crippen LogP contribution >= 0.6 is 0 Å². The SMILES string of the molecule is O=C(CC1CCCCO1)N1CCCc2ccc(N3CCCC3)cc21. The molecule has 2 saturated heterocycles. The first kappa shape index (κ1) is 15.9. The molecule has 4 heteroatoms. The van der Waals surface area contributed by atoms with Crippen LogP contribution in [0.25, 0.3) is 0 Å². The van der Waals surface area contributed by atoms with Gasteiger partial charge in [-0.05, 0) is 62.6 Å². The van der Waals surface area contributed by atoms with Gasteiger partial charge in [0.05, 0.1) is 12.5 Å². The van der Waals surface area contributed by atoms with E-state index in [0.29, 0.717) is 6.42 Å². The maximum atomic E-state index is 12.9. The molecule has 0 radical (unpaired) electrons. The Kier molecular flexibility index (Phi) is 4.74. The first-order valence-electron chi connectivity index (χ1n) is 9.61. The Morgan fingerprint density at radius 2 is 1.96 bits per heavy atom. The molecule has 1 amide bonds. The first-order valence-corrected chi connectivity index (χ1v) is 9.61. The number of carbonyl (C=O) groups excluding carboxylic acids is 1. The monoisotopic (exact) mass is 328 g/mol. The van der Waals surface area contributed by atoms with Crippen molar-refractivity contribution in [3.63, 3.8) is 0 Å². The quantitative estimate of drug-likeness (QED) is 0.851.